The lowest BCUT2D eigenvalue weighted by Gasteiger charge is -2.32. The van der Waals surface area contributed by atoms with Gasteiger partial charge in [-0.2, -0.15) is 0 Å². The normalized spacial score (nSPS) is 25.7. The van der Waals surface area contributed by atoms with Gasteiger partial charge in [0.25, 0.3) is 5.91 Å². The highest BCUT2D eigenvalue weighted by Gasteiger charge is 2.60. The molecule has 3 heterocycles. The molecule has 7 nitrogen and oxygen atoms in total. The predicted molar refractivity (Wildman–Crippen MR) is 112 cm³/mol. The Kier molecular flexibility index (Phi) is 5.71. The Bertz CT molecular complexity index is 806. The number of carbonyl (C=O) groups excluding carboxylic acids is 3. The highest BCUT2D eigenvalue weighted by Crippen LogP contribution is 2.45. The number of nitrogens with zero attached hydrogens (tertiary/aromatic N) is 3. The van der Waals surface area contributed by atoms with Gasteiger partial charge in [-0.25, -0.2) is 0 Å². The van der Waals surface area contributed by atoms with Crippen molar-refractivity contribution in [3.05, 3.63) is 30.3 Å². The Morgan fingerprint density at radius 2 is 1.63 bits per heavy atom. The molecule has 0 aliphatic carbocycles. The first-order chi connectivity index (χ1) is 14.4. The summed E-state index contributed by atoms with van der Waals surface area (Å²) in [4.78, 5) is 44.6. The number of ether oxygens (including phenoxy) is 1. The molecule has 3 aliphatic rings. The molecule has 0 bridgehead atoms. The molecule has 7 heteroatoms. The molecule has 162 valence electrons. The molecular formula is C23H31N3O4. The summed E-state index contributed by atoms with van der Waals surface area (Å²) in [7, 11) is 0. The molecule has 2 atom stereocenters. The van der Waals surface area contributed by atoms with Gasteiger partial charge >= 0.3 is 0 Å². The average Bonchev–Trinajstić information content (AvgIpc) is 3.46. The van der Waals surface area contributed by atoms with E-state index in [2.05, 4.69) is 0 Å². The van der Waals surface area contributed by atoms with E-state index in [-0.39, 0.29) is 36.2 Å². The zero-order valence-electron chi connectivity index (χ0n) is 17.9. The van der Waals surface area contributed by atoms with Crippen molar-refractivity contribution in [1.29, 1.82) is 0 Å². The topological polar surface area (TPSA) is 70.2 Å². The van der Waals surface area contributed by atoms with Gasteiger partial charge in [0.1, 0.15) is 5.75 Å². The zero-order chi connectivity index (χ0) is 21.3. The molecule has 30 heavy (non-hydrogen) atoms. The van der Waals surface area contributed by atoms with Crippen LogP contribution in [0, 0.1) is 17.3 Å². The Hall–Kier alpha value is -2.57. The summed E-state index contributed by atoms with van der Waals surface area (Å²) in [5, 5.41) is 0. The highest BCUT2D eigenvalue weighted by molar-refractivity contribution is 5.89. The van der Waals surface area contributed by atoms with E-state index in [1.54, 1.807) is 4.90 Å². The molecular weight excluding hydrogens is 382 g/mol. The van der Waals surface area contributed by atoms with Crippen LogP contribution in [0.25, 0.3) is 0 Å². The van der Waals surface area contributed by atoms with Crippen LogP contribution in [0.2, 0.25) is 0 Å². The number of hydrogen-bond donors (Lipinski definition) is 0. The summed E-state index contributed by atoms with van der Waals surface area (Å²) in [6.45, 7) is 7.11. The number of likely N-dealkylation sites (tertiary alicyclic amines) is 3. The van der Waals surface area contributed by atoms with Crippen LogP contribution in [0.5, 0.6) is 5.75 Å². The van der Waals surface area contributed by atoms with E-state index in [1.807, 2.05) is 54.0 Å². The molecule has 1 aromatic carbocycles. The predicted octanol–water partition coefficient (Wildman–Crippen LogP) is 1.63. The van der Waals surface area contributed by atoms with Crippen LogP contribution in [0.15, 0.2) is 30.3 Å². The minimum Gasteiger partial charge on any atom is -0.484 e. The van der Waals surface area contributed by atoms with Crippen LogP contribution in [-0.2, 0) is 14.4 Å². The molecule has 3 fully saturated rings. The fourth-order valence-corrected chi connectivity index (χ4v) is 5.08. The first-order valence-electron chi connectivity index (χ1n) is 10.9. The van der Waals surface area contributed by atoms with E-state index < -0.39 is 5.41 Å². The number of benzene rings is 1. The number of hydrogen-bond acceptors (Lipinski definition) is 4. The molecule has 3 aliphatic heterocycles. The molecule has 1 aromatic rings. The molecule has 3 saturated heterocycles. The highest BCUT2D eigenvalue weighted by atomic mass is 16.5. The third kappa shape index (κ3) is 3.77. The number of fused-ring (bicyclic) bond motifs is 1. The fourth-order valence-electron chi connectivity index (χ4n) is 5.08. The summed E-state index contributed by atoms with van der Waals surface area (Å²) in [5.41, 5.74) is -0.683. The zero-order valence-corrected chi connectivity index (χ0v) is 17.9. The summed E-state index contributed by atoms with van der Waals surface area (Å²) in [6.07, 6.45) is 2.05. The second-order valence-electron chi connectivity index (χ2n) is 9.10. The maximum atomic E-state index is 13.6. The van der Waals surface area contributed by atoms with Gasteiger partial charge in [0.05, 0.1) is 5.41 Å². The van der Waals surface area contributed by atoms with E-state index in [0.717, 1.165) is 25.9 Å². The average molecular weight is 414 g/mol. The van der Waals surface area contributed by atoms with Gasteiger partial charge in [-0.3, -0.25) is 14.4 Å². The molecule has 0 spiro atoms. The van der Waals surface area contributed by atoms with Crippen LogP contribution < -0.4 is 4.74 Å². The lowest BCUT2D eigenvalue weighted by atomic mass is 9.79. The maximum Gasteiger partial charge on any atom is 0.260 e. The lowest BCUT2D eigenvalue weighted by molar-refractivity contribution is -0.142. The van der Waals surface area contributed by atoms with E-state index in [1.165, 1.54) is 0 Å². The van der Waals surface area contributed by atoms with Crippen LogP contribution in [0.1, 0.15) is 26.7 Å². The van der Waals surface area contributed by atoms with Gasteiger partial charge in [0.2, 0.25) is 11.8 Å². The van der Waals surface area contributed by atoms with Crippen molar-refractivity contribution < 1.29 is 19.1 Å². The quantitative estimate of drug-likeness (QED) is 0.736. The van der Waals surface area contributed by atoms with Gasteiger partial charge in [-0.05, 0) is 25.0 Å². The van der Waals surface area contributed by atoms with E-state index in [0.29, 0.717) is 31.9 Å². The fraction of sp³-hybridized carbons (Fsp3) is 0.609. The smallest absolute Gasteiger partial charge is 0.260 e. The molecule has 3 amide bonds. The Labute approximate surface area is 177 Å². The molecule has 0 aromatic heterocycles. The number of para-hydroxylation sites is 1. The molecule has 0 saturated carbocycles. The van der Waals surface area contributed by atoms with Crippen LogP contribution in [0.3, 0.4) is 0 Å². The maximum absolute atomic E-state index is 13.6. The SMILES string of the molecule is CC(C)C(=O)N1C[C@H]2CN(C(=O)COc3ccccc3)C[C@@]2(C(=O)N2CCCC2)C1. The second-order valence-corrected chi connectivity index (χ2v) is 9.10. The summed E-state index contributed by atoms with van der Waals surface area (Å²) in [5.74, 6) is 0.630. The molecule has 0 N–H and O–H groups in total. The second kappa shape index (κ2) is 8.28. The van der Waals surface area contributed by atoms with Crippen molar-refractivity contribution in [3.8, 4) is 5.75 Å². The minimum absolute atomic E-state index is 0.0195. The van der Waals surface area contributed by atoms with E-state index in [9.17, 15) is 14.4 Å². The monoisotopic (exact) mass is 413 g/mol. The Balaban J connectivity index is 1.48. The third-order valence-corrected chi connectivity index (χ3v) is 6.69. The van der Waals surface area contributed by atoms with Crippen molar-refractivity contribution >= 4 is 17.7 Å². The van der Waals surface area contributed by atoms with Crippen LogP contribution >= 0.6 is 0 Å². The van der Waals surface area contributed by atoms with Gasteiger partial charge in [0, 0.05) is 51.1 Å². The molecule has 4 rings (SSSR count). The number of carbonyl (C=O) groups is 3. The Morgan fingerprint density at radius 1 is 1.00 bits per heavy atom. The van der Waals surface area contributed by atoms with E-state index >= 15 is 0 Å². The van der Waals surface area contributed by atoms with Crippen molar-refractivity contribution in [2.24, 2.45) is 17.3 Å². The van der Waals surface area contributed by atoms with Gasteiger partial charge in [0.15, 0.2) is 6.61 Å². The standard InChI is InChI=1S/C23H31N3O4/c1-17(2)21(28)26-13-18-12-25(20(27)14-30-19-8-4-3-5-9-19)15-23(18,16-26)22(29)24-10-6-7-11-24/h3-5,8-9,17-18H,6-7,10-16H2,1-2H3/t18-,23-/m1/s1. The van der Waals surface area contributed by atoms with Gasteiger partial charge in [-0.15, -0.1) is 0 Å². The van der Waals surface area contributed by atoms with Crippen molar-refractivity contribution in [1.82, 2.24) is 14.7 Å². The summed E-state index contributed by atoms with van der Waals surface area (Å²) in [6, 6.07) is 9.27. The van der Waals surface area contributed by atoms with Gasteiger partial charge in [-0.1, -0.05) is 32.0 Å². The minimum atomic E-state index is -0.683. The summed E-state index contributed by atoms with van der Waals surface area (Å²) >= 11 is 0. The van der Waals surface area contributed by atoms with Crippen LogP contribution in [-0.4, -0.2) is 78.3 Å². The van der Waals surface area contributed by atoms with Gasteiger partial charge < -0.3 is 19.4 Å². The van der Waals surface area contributed by atoms with Crippen molar-refractivity contribution in [2.45, 2.75) is 26.7 Å². The number of amides is 3. The number of rotatable bonds is 5. The van der Waals surface area contributed by atoms with Crippen LogP contribution in [0.4, 0.5) is 0 Å². The largest absolute Gasteiger partial charge is 0.484 e. The van der Waals surface area contributed by atoms with Crippen molar-refractivity contribution in [2.75, 3.05) is 45.9 Å². The van der Waals surface area contributed by atoms with Crippen molar-refractivity contribution in [3.63, 3.8) is 0 Å². The van der Waals surface area contributed by atoms with E-state index in [4.69, 9.17) is 4.74 Å². The first-order valence-corrected chi connectivity index (χ1v) is 10.9. The summed E-state index contributed by atoms with van der Waals surface area (Å²) < 4.78 is 5.64. The molecule has 0 radical (unpaired) electrons. The lowest BCUT2D eigenvalue weighted by Crippen LogP contribution is -2.50. The Morgan fingerprint density at radius 3 is 2.30 bits per heavy atom. The molecule has 0 unspecified atom stereocenters. The third-order valence-electron chi connectivity index (χ3n) is 6.69. The first kappa shape index (κ1) is 20.7.